The maximum atomic E-state index is 13.2. The van der Waals surface area contributed by atoms with Gasteiger partial charge in [-0.3, -0.25) is 4.79 Å². The number of nitrogens with zero attached hydrogens (tertiary/aromatic N) is 1. The molecular weight excluding hydrogens is 558 g/mol. The van der Waals surface area contributed by atoms with Crippen molar-refractivity contribution in [2.75, 3.05) is 41.8 Å². The topological polar surface area (TPSA) is 104 Å². The molecule has 0 bridgehead atoms. The minimum Gasteiger partial charge on any atom is -0.493 e. The number of hydrogen-bond acceptors (Lipinski definition) is 8. The number of methoxy groups -OCH3 is 4. The monoisotopic (exact) mass is 591 g/mol. The first-order chi connectivity index (χ1) is 20.4. The van der Waals surface area contributed by atoms with E-state index in [-0.39, 0.29) is 18.9 Å². The second-order valence-electron chi connectivity index (χ2n) is 9.63. The van der Waals surface area contributed by atoms with E-state index in [1.54, 1.807) is 34.5 Å². The second kappa shape index (κ2) is 12.9. The highest BCUT2D eigenvalue weighted by Gasteiger charge is 2.18. The van der Waals surface area contributed by atoms with E-state index in [0.717, 1.165) is 16.5 Å². The quantitative estimate of drug-likeness (QED) is 0.244. The first-order valence-electron chi connectivity index (χ1n) is 13.3. The third kappa shape index (κ3) is 6.31. The molecule has 11 heteroatoms. The van der Waals surface area contributed by atoms with Gasteiger partial charge in [0.15, 0.2) is 39.6 Å². The van der Waals surface area contributed by atoms with Crippen molar-refractivity contribution in [2.45, 2.75) is 19.5 Å². The summed E-state index contributed by atoms with van der Waals surface area (Å²) in [5.41, 5.74) is 3.03. The molecule has 3 aromatic carbocycles. The zero-order valence-corrected chi connectivity index (χ0v) is 24.8. The Bertz CT molecular complexity index is 1660. The van der Waals surface area contributed by atoms with Crippen molar-refractivity contribution in [3.8, 4) is 34.5 Å². The Hall–Kier alpha value is -4.64. The molecule has 2 N–H and O–H groups in total. The van der Waals surface area contributed by atoms with Crippen LogP contribution in [0.15, 0.2) is 59.4 Å². The molecule has 0 atom stereocenters. The van der Waals surface area contributed by atoms with Crippen LogP contribution in [0.5, 0.6) is 34.5 Å². The van der Waals surface area contributed by atoms with Gasteiger partial charge in [0.2, 0.25) is 6.79 Å². The van der Waals surface area contributed by atoms with Crippen molar-refractivity contribution in [3.63, 3.8) is 0 Å². The zero-order valence-electron chi connectivity index (χ0n) is 23.9. The number of fused-ring (bicyclic) bond motifs is 2. The number of aromatic nitrogens is 1. The van der Waals surface area contributed by atoms with E-state index < -0.39 is 0 Å². The average Bonchev–Trinajstić information content (AvgIpc) is 3.48. The number of aromatic amines is 1. The van der Waals surface area contributed by atoms with Gasteiger partial charge < -0.3 is 43.6 Å². The summed E-state index contributed by atoms with van der Waals surface area (Å²) in [5.74, 6) is 3.86. The highest BCUT2D eigenvalue weighted by molar-refractivity contribution is 7.80. The van der Waals surface area contributed by atoms with Crippen LogP contribution in [0.2, 0.25) is 0 Å². The molecule has 1 aliphatic rings. The first kappa shape index (κ1) is 28.9. The summed E-state index contributed by atoms with van der Waals surface area (Å²) in [6.45, 7) is 1.49. The molecule has 0 saturated heterocycles. The van der Waals surface area contributed by atoms with Gasteiger partial charge in [0.25, 0.3) is 5.56 Å². The van der Waals surface area contributed by atoms with Crippen LogP contribution in [0.4, 0.5) is 0 Å². The molecule has 42 heavy (non-hydrogen) atoms. The lowest BCUT2D eigenvalue weighted by Crippen LogP contribution is -2.40. The predicted molar refractivity (Wildman–Crippen MR) is 163 cm³/mol. The van der Waals surface area contributed by atoms with E-state index in [0.29, 0.717) is 70.2 Å². The molecule has 1 aliphatic heterocycles. The number of hydrogen-bond donors (Lipinski definition) is 2. The Morgan fingerprint density at radius 2 is 1.52 bits per heavy atom. The normalized spacial score (nSPS) is 11.7. The maximum Gasteiger partial charge on any atom is 0.253 e. The number of H-pyrrole nitrogens is 1. The molecule has 220 valence electrons. The van der Waals surface area contributed by atoms with Gasteiger partial charge in [0, 0.05) is 30.1 Å². The molecule has 0 amide bonds. The van der Waals surface area contributed by atoms with Gasteiger partial charge >= 0.3 is 0 Å². The molecule has 10 nitrogen and oxygen atoms in total. The minimum absolute atomic E-state index is 0.194. The highest BCUT2D eigenvalue weighted by Crippen LogP contribution is 2.34. The van der Waals surface area contributed by atoms with Crippen molar-refractivity contribution in [3.05, 3.63) is 81.6 Å². The third-order valence-corrected chi connectivity index (χ3v) is 7.42. The lowest BCUT2D eigenvalue weighted by atomic mass is 10.1. The van der Waals surface area contributed by atoms with Crippen molar-refractivity contribution in [1.82, 2.24) is 15.2 Å². The van der Waals surface area contributed by atoms with Gasteiger partial charge in [-0.1, -0.05) is 12.1 Å². The van der Waals surface area contributed by atoms with Gasteiger partial charge in [0.05, 0.1) is 40.5 Å². The molecule has 1 aromatic heterocycles. The van der Waals surface area contributed by atoms with Gasteiger partial charge in [0.1, 0.15) is 0 Å². The van der Waals surface area contributed by atoms with Crippen molar-refractivity contribution >= 4 is 28.2 Å². The molecule has 0 saturated carbocycles. The molecule has 2 heterocycles. The number of nitrogens with one attached hydrogen (secondary N) is 2. The fourth-order valence-corrected chi connectivity index (χ4v) is 5.05. The van der Waals surface area contributed by atoms with Crippen LogP contribution in [0.25, 0.3) is 10.9 Å². The van der Waals surface area contributed by atoms with E-state index in [1.807, 2.05) is 53.4 Å². The summed E-state index contributed by atoms with van der Waals surface area (Å²) in [7, 11) is 6.36. The van der Waals surface area contributed by atoms with Gasteiger partial charge in [-0.25, -0.2) is 0 Å². The van der Waals surface area contributed by atoms with E-state index >= 15 is 0 Å². The molecule has 4 aromatic rings. The number of benzene rings is 3. The summed E-state index contributed by atoms with van der Waals surface area (Å²) in [4.78, 5) is 18.1. The smallest absolute Gasteiger partial charge is 0.253 e. The summed E-state index contributed by atoms with van der Waals surface area (Å²) in [5, 5.41) is 4.69. The van der Waals surface area contributed by atoms with Crippen LogP contribution in [0, 0.1) is 0 Å². The molecule has 0 unspecified atom stereocenters. The van der Waals surface area contributed by atoms with Crippen LogP contribution < -0.4 is 39.3 Å². The Labute approximate surface area is 249 Å². The largest absolute Gasteiger partial charge is 0.493 e. The second-order valence-corrected chi connectivity index (χ2v) is 10.0. The summed E-state index contributed by atoms with van der Waals surface area (Å²) >= 11 is 5.85. The van der Waals surface area contributed by atoms with Crippen molar-refractivity contribution < 1.29 is 28.4 Å². The summed E-state index contributed by atoms with van der Waals surface area (Å²) < 4.78 is 32.7. The summed E-state index contributed by atoms with van der Waals surface area (Å²) in [6.07, 6.45) is 0.705. The minimum atomic E-state index is -0.210. The summed E-state index contributed by atoms with van der Waals surface area (Å²) in [6, 6.07) is 17.1. The lowest BCUT2D eigenvalue weighted by molar-refractivity contribution is 0.174. The standard InChI is InChI=1S/C31H33N3O7S/c1-36-24-7-5-19(11-26(24)37-2)9-10-32-31(42)34(16-20-6-8-25-29(12-20)41-18-40-25)17-22-13-21-14-27(38-3)28(39-4)15-23(21)33-30(22)35/h5-8,11-15H,9-10,16-18H2,1-4H3,(H,32,42)(H,33,35). The molecule has 5 rings (SSSR count). The van der Waals surface area contributed by atoms with E-state index in [1.165, 1.54) is 0 Å². The highest BCUT2D eigenvalue weighted by atomic mass is 32.1. The molecule has 0 fully saturated rings. The van der Waals surface area contributed by atoms with E-state index in [4.69, 9.17) is 40.6 Å². The number of rotatable bonds is 11. The SMILES string of the molecule is COc1ccc(CCNC(=S)N(Cc2ccc3c(c2)OCO3)Cc2cc3cc(OC)c(OC)cc3[nH]c2=O)cc1OC. The van der Waals surface area contributed by atoms with Crippen molar-refractivity contribution in [1.29, 1.82) is 0 Å². The third-order valence-electron chi connectivity index (χ3n) is 7.02. The number of thiocarbonyl (C=S) groups is 1. The van der Waals surface area contributed by atoms with Crippen LogP contribution in [0.1, 0.15) is 16.7 Å². The van der Waals surface area contributed by atoms with Crippen molar-refractivity contribution in [2.24, 2.45) is 0 Å². The van der Waals surface area contributed by atoms with Crippen LogP contribution >= 0.6 is 12.2 Å². The van der Waals surface area contributed by atoms with E-state index in [2.05, 4.69) is 10.3 Å². The molecule has 0 radical (unpaired) electrons. The van der Waals surface area contributed by atoms with Crippen LogP contribution in [-0.4, -0.2) is 56.8 Å². The zero-order chi connectivity index (χ0) is 29.6. The lowest BCUT2D eigenvalue weighted by Gasteiger charge is -2.26. The fourth-order valence-electron chi connectivity index (χ4n) is 4.82. The maximum absolute atomic E-state index is 13.2. The number of pyridine rings is 1. The number of ether oxygens (including phenoxy) is 6. The molecule has 0 spiro atoms. The Morgan fingerprint density at radius 3 is 2.29 bits per heavy atom. The first-order valence-corrected chi connectivity index (χ1v) is 13.7. The fraction of sp³-hybridized carbons (Fsp3) is 0.290. The van der Waals surface area contributed by atoms with Gasteiger partial charge in [-0.05, 0) is 66.2 Å². The van der Waals surface area contributed by atoms with Crippen LogP contribution in [-0.2, 0) is 19.5 Å². The Morgan fingerprint density at radius 1 is 0.833 bits per heavy atom. The molecular formula is C31H33N3O7S. The van der Waals surface area contributed by atoms with Gasteiger partial charge in [-0.2, -0.15) is 0 Å². The van der Waals surface area contributed by atoms with E-state index in [9.17, 15) is 4.79 Å². The predicted octanol–water partition coefficient (Wildman–Crippen LogP) is 4.41. The van der Waals surface area contributed by atoms with Crippen LogP contribution in [0.3, 0.4) is 0 Å². The molecule has 0 aliphatic carbocycles. The average molecular weight is 592 g/mol. The Balaban J connectivity index is 1.38. The Kier molecular flexibility index (Phi) is 8.87. The van der Waals surface area contributed by atoms with Gasteiger partial charge in [-0.15, -0.1) is 0 Å².